The van der Waals surface area contributed by atoms with Crippen LogP contribution in [0.5, 0.6) is 0 Å². The zero-order chi connectivity index (χ0) is 11.1. The molecule has 15 heavy (non-hydrogen) atoms. The number of nitrogens with zero attached hydrogens (tertiary/aromatic N) is 1. The van der Waals surface area contributed by atoms with Gasteiger partial charge in [0.25, 0.3) is 0 Å². The number of rotatable bonds is 5. The van der Waals surface area contributed by atoms with Gasteiger partial charge in [-0.05, 0) is 17.6 Å². The van der Waals surface area contributed by atoms with E-state index in [4.69, 9.17) is 0 Å². The summed E-state index contributed by atoms with van der Waals surface area (Å²) < 4.78 is 0. The van der Waals surface area contributed by atoms with Crippen molar-refractivity contribution in [2.24, 2.45) is 0 Å². The Morgan fingerprint density at radius 3 is 2.53 bits per heavy atom. The van der Waals surface area contributed by atoms with Gasteiger partial charge in [-0.3, -0.25) is 0 Å². The Labute approximate surface area is 92.7 Å². The first kappa shape index (κ1) is 11.6. The Morgan fingerprint density at radius 2 is 2.00 bits per heavy atom. The molecule has 0 spiro atoms. The van der Waals surface area contributed by atoms with Crippen LogP contribution < -0.4 is 0 Å². The summed E-state index contributed by atoms with van der Waals surface area (Å²) in [7, 11) is 2.09. The molecular formula is C14H19N. The van der Waals surface area contributed by atoms with Crippen molar-refractivity contribution in [2.75, 3.05) is 7.05 Å². The van der Waals surface area contributed by atoms with Gasteiger partial charge in [0.1, 0.15) is 0 Å². The summed E-state index contributed by atoms with van der Waals surface area (Å²) in [5.41, 5.74) is 2.60. The molecule has 1 nitrogen and oxygen atoms in total. The summed E-state index contributed by atoms with van der Waals surface area (Å²) in [6, 6.07) is 10.5. The Morgan fingerprint density at radius 1 is 1.33 bits per heavy atom. The molecule has 1 rings (SSSR count). The fourth-order valence-corrected chi connectivity index (χ4v) is 1.49. The van der Waals surface area contributed by atoms with E-state index in [0.717, 1.165) is 13.0 Å². The normalized spacial score (nSPS) is 11.2. The first-order valence-corrected chi connectivity index (χ1v) is 5.33. The summed E-state index contributed by atoms with van der Waals surface area (Å²) in [5.74, 6) is 0. The molecule has 0 bridgehead atoms. The highest BCUT2D eigenvalue weighted by molar-refractivity contribution is 5.17. The van der Waals surface area contributed by atoms with E-state index in [1.165, 1.54) is 11.1 Å². The highest BCUT2D eigenvalue weighted by atomic mass is 15.1. The Hall–Kier alpha value is -1.50. The van der Waals surface area contributed by atoms with Crippen LogP contribution in [0.4, 0.5) is 0 Å². The summed E-state index contributed by atoms with van der Waals surface area (Å²) >= 11 is 0. The lowest BCUT2D eigenvalue weighted by molar-refractivity contribution is 0.447. The largest absolute Gasteiger partial charge is 0.376 e. The second kappa shape index (κ2) is 6.07. The van der Waals surface area contributed by atoms with Crippen LogP contribution >= 0.6 is 0 Å². The molecule has 0 heterocycles. The van der Waals surface area contributed by atoms with Crippen LogP contribution in [0.2, 0.25) is 0 Å². The molecule has 1 aromatic carbocycles. The van der Waals surface area contributed by atoms with Crippen LogP contribution in [0.15, 0.2) is 54.8 Å². The SMILES string of the molecule is C=C/C(=C\N(C)Cc1ccccc1)CC. The van der Waals surface area contributed by atoms with E-state index in [1.54, 1.807) is 0 Å². The van der Waals surface area contributed by atoms with Gasteiger partial charge >= 0.3 is 0 Å². The van der Waals surface area contributed by atoms with E-state index in [2.05, 4.69) is 55.9 Å². The summed E-state index contributed by atoms with van der Waals surface area (Å²) in [4.78, 5) is 2.19. The molecule has 0 aliphatic rings. The molecule has 0 aromatic heterocycles. The van der Waals surface area contributed by atoms with E-state index >= 15 is 0 Å². The van der Waals surface area contributed by atoms with Crippen molar-refractivity contribution in [3.05, 3.63) is 60.3 Å². The van der Waals surface area contributed by atoms with Gasteiger partial charge in [-0.2, -0.15) is 0 Å². The van der Waals surface area contributed by atoms with Gasteiger partial charge in [0, 0.05) is 19.8 Å². The minimum atomic E-state index is 0.943. The molecular weight excluding hydrogens is 182 g/mol. The molecule has 1 aromatic rings. The third-order valence-electron chi connectivity index (χ3n) is 2.33. The Kier molecular flexibility index (Phi) is 4.69. The molecule has 80 valence electrons. The molecule has 0 radical (unpaired) electrons. The average molecular weight is 201 g/mol. The first-order valence-electron chi connectivity index (χ1n) is 5.33. The van der Waals surface area contributed by atoms with Gasteiger partial charge in [0.2, 0.25) is 0 Å². The number of allylic oxidation sites excluding steroid dienone is 2. The highest BCUT2D eigenvalue weighted by Gasteiger charge is 1.95. The third kappa shape index (κ3) is 4.03. The predicted molar refractivity (Wildman–Crippen MR) is 66.5 cm³/mol. The van der Waals surface area contributed by atoms with E-state index in [9.17, 15) is 0 Å². The fourth-order valence-electron chi connectivity index (χ4n) is 1.49. The van der Waals surface area contributed by atoms with E-state index in [0.29, 0.717) is 0 Å². The van der Waals surface area contributed by atoms with Gasteiger partial charge in [0.15, 0.2) is 0 Å². The molecule has 1 heteroatoms. The zero-order valence-corrected chi connectivity index (χ0v) is 9.61. The van der Waals surface area contributed by atoms with Crippen LogP contribution in [0, 0.1) is 0 Å². The zero-order valence-electron chi connectivity index (χ0n) is 9.61. The van der Waals surface area contributed by atoms with Crippen molar-refractivity contribution < 1.29 is 0 Å². The Balaban J connectivity index is 2.60. The number of hydrogen-bond acceptors (Lipinski definition) is 1. The van der Waals surface area contributed by atoms with Gasteiger partial charge in [-0.15, -0.1) is 0 Å². The van der Waals surface area contributed by atoms with Gasteiger partial charge in [-0.25, -0.2) is 0 Å². The second-order valence-corrected chi connectivity index (χ2v) is 3.66. The summed E-state index contributed by atoms with van der Waals surface area (Å²) in [6.07, 6.45) is 5.10. The number of benzene rings is 1. The van der Waals surface area contributed by atoms with Crippen LogP contribution in [0.25, 0.3) is 0 Å². The molecule has 0 saturated carbocycles. The quantitative estimate of drug-likeness (QED) is 0.658. The molecule has 0 aliphatic carbocycles. The monoisotopic (exact) mass is 201 g/mol. The van der Waals surface area contributed by atoms with Crippen molar-refractivity contribution in [2.45, 2.75) is 19.9 Å². The minimum absolute atomic E-state index is 0.943. The molecule has 0 fully saturated rings. The van der Waals surface area contributed by atoms with Crippen LogP contribution in [-0.2, 0) is 6.54 Å². The minimum Gasteiger partial charge on any atom is -0.376 e. The molecule has 0 saturated heterocycles. The van der Waals surface area contributed by atoms with Crippen LogP contribution in [-0.4, -0.2) is 11.9 Å². The first-order chi connectivity index (χ1) is 7.26. The lowest BCUT2D eigenvalue weighted by atomic mass is 10.2. The second-order valence-electron chi connectivity index (χ2n) is 3.66. The van der Waals surface area contributed by atoms with Crippen molar-refractivity contribution in [1.29, 1.82) is 0 Å². The lowest BCUT2D eigenvalue weighted by Crippen LogP contribution is -2.10. The Bertz CT molecular complexity index is 324. The molecule has 0 N–H and O–H groups in total. The van der Waals surface area contributed by atoms with Crippen LogP contribution in [0.1, 0.15) is 18.9 Å². The third-order valence-corrected chi connectivity index (χ3v) is 2.33. The summed E-state index contributed by atoms with van der Waals surface area (Å²) in [5, 5.41) is 0. The molecule has 0 atom stereocenters. The van der Waals surface area contributed by atoms with Crippen molar-refractivity contribution in [3.63, 3.8) is 0 Å². The summed E-state index contributed by atoms with van der Waals surface area (Å²) in [6.45, 7) is 6.88. The van der Waals surface area contributed by atoms with E-state index in [1.807, 2.05) is 12.1 Å². The van der Waals surface area contributed by atoms with Gasteiger partial charge in [-0.1, -0.05) is 49.9 Å². The van der Waals surface area contributed by atoms with Gasteiger partial charge in [0.05, 0.1) is 0 Å². The van der Waals surface area contributed by atoms with Crippen molar-refractivity contribution in [1.82, 2.24) is 4.90 Å². The maximum absolute atomic E-state index is 3.80. The van der Waals surface area contributed by atoms with E-state index in [-0.39, 0.29) is 0 Å². The van der Waals surface area contributed by atoms with Gasteiger partial charge < -0.3 is 4.90 Å². The maximum Gasteiger partial charge on any atom is 0.0420 e. The van der Waals surface area contributed by atoms with Crippen molar-refractivity contribution in [3.8, 4) is 0 Å². The standard InChI is InChI=1S/C14H19N/c1-4-13(5-2)11-15(3)12-14-9-7-6-8-10-14/h4,6-11H,1,5,12H2,2-3H3/b13-11+. The average Bonchev–Trinajstić information content (AvgIpc) is 2.27. The molecule has 0 amide bonds. The maximum atomic E-state index is 3.80. The lowest BCUT2D eigenvalue weighted by Gasteiger charge is -2.15. The van der Waals surface area contributed by atoms with Crippen LogP contribution in [0.3, 0.4) is 0 Å². The van der Waals surface area contributed by atoms with E-state index < -0.39 is 0 Å². The molecule has 0 aliphatic heterocycles. The fraction of sp³-hybridized carbons (Fsp3) is 0.286. The molecule has 0 unspecified atom stereocenters. The number of hydrogen-bond donors (Lipinski definition) is 0. The topological polar surface area (TPSA) is 3.24 Å². The smallest absolute Gasteiger partial charge is 0.0420 e. The highest BCUT2D eigenvalue weighted by Crippen LogP contribution is 2.07. The van der Waals surface area contributed by atoms with Crippen molar-refractivity contribution >= 4 is 0 Å². The predicted octanol–water partition coefficient (Wildman–Crippen LogP) is 3.60.